The van der Waals surface area contributed by atoms with E-state index in [0.717, 1.165) is 5.56 Å². The summed E-state index contributed by atoms with van der Waals surface area (Å²) in [6, 6.07) is 6.42. The molecule has 28 heavy (non-hydrogen) atoms. The second kappa shape index (κ2) is 10.2. The predicted octanol–water partition coefficient (Wildman–Crippen LogP) is 1.19. The molecule has 0 radical (unpaired) electrons. The number of hydrogen-bond donors (Lipinski definition) is 2. The van der Waals surface area contributed by atoms with Gasteiger partial charge in [-0.3, -0.25) is 4.99 Å². The van der Waals surface area contributed by atoms with E-state index in [-0.39, 0.29) is 52.5 Å². The Bertz CT molecular complexity index is 884. The Morgan fingerprint density at radius 2 is 1.89 bits per heavy atom. The number of nitrogens with zero attached hydrogens (tertiary/aromatic N) is 2. The minimum atomic E-state index is -3.50. The summed E-state index contributed by atoms with van der Waals surface area (Å²) in [5.41, 5.74) is 0.892. The molecule has 1 heterocycles. The maximum atomic E-state index is 12.5. The Balaban J connectivity index is 0.00000392. The number of rotatable bonds is 6. The number of guanidine groups is 1. The average Bonchev–Trinajstić information content (AvgIpc) is 2.96. The summed E-state index contributed by atoms with van der Waals surface area (Å²) in [5.74, 6) is 0.833. The molecule has 1 fully saturated rings. The normalized spacial score (nSPS) is 19.5. The molecular formula is C17H29IN4O4S2. The summed E-state index contributed by atoms with van der Waals surface area (Å²) in [5, 5.41) is 6.24. The highest BCUT2D eigenvalue weighted by molar-refractivity contribution is 14.0. The maximum Gasteiger partial charge on any atom is 0.243 e. The molecule has 1 saturated heterocycles. The van der Waals surface area contributed by atoms with Crippen LogP contribution in [0, 0.1) is 0 Å². The van der Waals surface area contributed by atoms with Crippen LogP contribution in [0.1, 0.15) is 25.8 Å². The monoisotopic (exact) mass is 544 g/mol. The second-order valence-electron chi connectivity index (χ2n) is 6.93. The van der Waals surface area contributed by atoms with Gasteiger partial charge < -0.3 is 10.6 Å². The molecule has 1 aliphatic heterocycles. The molecule has 8 nitrogen and oxygen atoms in total. The first-order valence-electron chi connectivity index (χ1n) is 8.80. The summed E-state index contributed by atoms with van der Waals surface area (Å²) in [7, 11) is -3.27. The zero-order valence-corrected chi connectivity index (χ0v) is 20.5. The lowest BCUT2D eigenvalue weighted by molar-refractivity contribution is 0.410. The van der Waals surface area contributed by atoms with Crippen LogP contribution in [-0.4, -0.2) is 64.8 Å². The number of sulfonamides is 1. The van der Waals surface area contributed by atoms with Gasteiger partial charge in [0, 0.05) is 32.7 Å². The van der Waals surface area contributed by atoms with Crippen LogP contribution in [-0.2, 0) is 26.4 Å². The summed E-state index contributed by atoms with van der Waals surface area (Å²) in [4.78, 5) is 4.36. The van der Waals surface area contributed by atoms with Gasteiger partial charge in [0.05, 0.1) is 16.4 Å². The molecule has 2 N–H and O–H groups in total. The van der Waals surface area contributed by atoms with E-state index in [0.29, 0.717) is 18.9 Å². The number of halogens is 1. The molecule has 1 unspecified atom stereocenters. The van der Waals surface area contributed by atoms with Crippen molar-refractivity contribution in [1.29, 1.82) is 0 Å². The van der Waals surface area contributed by atoms with Crippen molar-refractivity contribution >= 4 is 49.8 Å². The van der Waals surface area contributed by atoms with E-state index >= 15 is 0 Å². The number of benzene rings is 1. The standard InChI is InChI=1S/C17H28N4O4S2.HI/c1-13(2)21(4)27(24,25)16-7-5-14(6-8-16)11-19-17(18-3)20-15-9-10-26(22,23)12-15;/h5-8,13,15H,9-12H2,1-4H3,(H2,18,19,20);1H. The van der Waals surface area contributed by atoms with Gasteiger partial charge in [0.2, 0.25) is 10.0 Å². The molecule has 160 valence electrons. The maximum absolute atomic E-state index is 12.5. The number of hydrogen-bond acceptors (Lipinski definition) is 5. The number of aliphatic imine (C=N–C) groups is 1. The Morgan fingerprint density at radius 1 is 1.29 bits per heavy atom. The average molecular weight is 544 g/mol. The van der Waals surface area contributed by atoms with Crippen molar-refractivity contribution in [2.24, 2.45) is 4.99 Å². The van der Waals surface area contributed by atoms with Gasteiger partial charge >= 0.3 is 0 Å². The largest absolute Gasteiger partial charge is 0.353 e. The van der Waals surface area contributed by atoms with Crippen LogP contribution in [0.25, 0.3) is 0 Å². The van der Waals surface area contributed by atoms with Gasteiger partial charge in [-0.25, -0.2) is 16.8 Å². The van der Waals surface area contributed by atoms with Crippen molar-refractivity contribution in [2.75, 3.05) is 25.6 Å². The second-order valence-corrected chi connectivity index (χ2v) is 11.2. The topological polar surface area (TPSA) is 108 Å². The molecular weight excluding hydrogens is 515 g/mol. The van der Waals surface area contributed by atoms with Gasteiger partial charge in [-0.05, 0) is 38.0 Å². The fourth-order valence-corrected chi connectivity index (χ4v) is 5.75. The van der Waals surface area contributed by atoms with Crippen molar-refractivity contribution in [2.45, 2.75) is 43.8 Å². The first kappa shape index (κ1) is 25.1. The van der Waals surface area contributed by atoms with Gasteiger partial charge in [0.1, 0.15) is 0 Å². The van der Waals surface area contributed by atoms with E-state index < -0.39 is 19.9 Å². The van der Waals surface area contributed by atoms with Gasteiger partial charge in [-0.1, -0.05) is 12.1 Å². The fraction of sp³-hybridized carbons (Fsp3) is 0.588. The molecule has 11 heteroatoms. The summed E-state index contributed by atoms with van der Waals surface area (Å²) < 4.78 is 49.4. The quantitative estimate of drug-likeness (QED) is 0.317. The van der Waals surface area contributed by atoms with Crippen molar-refractivity contribution in [3.8, 4) is 0 Å². The minimum Gasteiger partial charge on any atom is -0.353 e. The SMILES string of the molecule is CN=C(NCc1ccc(S(=O)(=O)N(C)C(C)C)cc1)NC1CCS(=O)(=O)C1.I. The third kappa shape index (κ3) is 6.56. The van der Waals surface area contributed by atoms with Crippen LogP contribution < -0.4 is 10.6 Å². The highest BCUT2D eigenvalue weighted by atomic mass is 127. The molecule has 0 spiro atoms. The van der Waals surface area contributed by atoms with Crippen LogP contribution in [0.3, 0.4) is 0 Å². The predicted molar refractivity (Wildman–Crippen MR) is 122 cm³/mol. The van der Waals surface area contributed by atoms with Crippen molar-refractivity contribution in [3.05, 3.63) is 29.8 Å². The molecule has 0 aromatic heterocycles. The van der Waals surface area contributed by atoms with Crippen LogP contribution in [0.5, 0.6) is 0 Å². The van der Waals surface area contributed by atoms with Crippen molar-refractivity contribution in [3.63, 3.8) is 0 Å². The van der Waals surface area contributed by atoms with Gasteiger partial charge in [-0.15, -0.1) is 24.0 Å². The highest BCUT2D eigenvalue weighted by Gasteiger charge is 2.28. The Labute approximate surface area is 185 Å². The van der Waals surface area contributed by atoms with E-state index in [2.05, 4.69) is 15.6 Å². The van der Waals surface area contributed by atoms with Crippen LogP contribution in [0.15, 0.2) is 34.2 Å². The lowest BCUT2D eigenvalue weighted by Gasteiger charge is -2.21. The lowest BCUT2D eigenvalue weighted by Crippen LogP contribution is -2.43. The van der Waals surface area contributed by atoms with Gasteiger partial charge in [-0.2, -0.15) is 4.31 Å². The zero-order valence-electron chi connectivity index (χ0n) is 16.5. The number of nitrogens with one attached hydrogen (secondary N) is 2. The summed E-state index contributed by atoms with van der Waals surface area (Å²) in [6.07, 6.45) is 0.568. The number of sulfone groups is 1. The Hall–Kier alpha value is -0.920. The molecule has 2 rings (SSSR count). The lowest BCUT2D eigenvalue weighted by atomic mass is 10.2. The molecule has 0 aliphatic carbocycles. The Kier molecular flexibility index (Phi) is 9.16. The molecule has 1 aromatic rings. The summed E-state index contributed by atoms with van der Waals surface area (Å²) in [6.45, 7) is 4.09. The van der Waals surface area contributed by atoms with Crippen LogP contribution >= 0.6 is 24.0 Å². The molecule has 1 atom stereocenters. The highest BCUT2D eigenvalue weighted by Crippen LogP contribution is 2.17. The van der Waals surface area contributed by atoms with E-state index in [1.165, 1.54) is 4.31 Å². The third-order valence-corrected chi connectivity index (χ3v) is 8.40. The van der Waals surface area contributed by atoms with Crippen LogP contribution in [0.2, 0.25) is 0 Å². The third-order valence-electron chi connectivity index (χ3n) is 4.58. The molecule has 0 saturated carbocycles. The van der Waals surface area contributed by atoms with E-state index in [1.807, 2.05) is 13.8 Å². The Morgan fingerprint density at radius 3 is 2.36 bits per heavy atom. The summed E-state index contributed by atoms with van der Waals surface area (Å²) >= 11 is 0. The molecule has 0 bridgehead atoms. The van der Waals surface area contributed by atoms with Gasteiger partial charge in [0.15, 0.2) is 15.8 Å². The molecule has 1 aromatic carbocycles. The molecule has 1 aliphatic rings. The van der Waals surface area contributed by atoms with E-state index in [4.69, 9.17) is 0 Å². The minimum absolute atomic E-state index is 0. The van der Waals surface area contributed by atoms with E-state index in [9.17, 15) is 16.8 Å². The van der Waals surface area contributed by atoms with E-state index in [1.54, 1.807) is 38.4 Å². The van der Waals surface area contributed by atoms with Crippen LogP contribution in [0.4, 0.5) is 0 Å². The van der Waals surface area contributed by atoms with Crippen molar-refractivity contribution in [1.82, 2.24) is 14.9 Å². The molecule has 0 amide bonds. The smallest absolute Gasteiger partial charge is 0.243 e. The zero-order chi connectivity index (χ0) is 20.2. The van der Waals surface area contributed by atoms with Crippen molar-refractivity contribution < 1.29 is 16.8 Å². The first-order valence-corrected chi connectivity index (χ1v) is 12.1. The fourth-order valence-electron chi connectivity index (χ4n) is 2.71. The van der Waals surface area contributed by atoms with Gasteiger partial charge in [0.25, 0.3) is 0 Å². The first-order chi connectivity index (χ1) is 12.5.